The van der Waals surface area contributed by atoms with Crippen LogP contribution in [-0.2, 0) is 15.4 Å². The van der Waals surface area contributed by atoms with Gasteiger partial charge in [-0.1, -0.05) is 38.1 Å². The van der Waals surface area contributed by atoms with Crippen molar-refractivity contribution in [1.82, 2.24) is 20.0 Å². The highest BCUT2D eigenvalue weighted by Gasteiger charge is 2.23. The second-order valence-corrected chi connectivity index (χ2v) is 11.7. The molecule has 2 aromatic carbocycles. The van der Waals surface area contributed by atoms with E-state index in [2.05, 4.69) is 25.3 Å². The first-order valence-electron chi connectivity index (χ1n) is 11.8. The summed E-state index contributed by atoms with van der Waals surface area (Å²) in [4.78, 5) is 17.7. The SMILES string of the molecule is COc1c(NC(=O)c2ccc(C)c(-n3cc(-c4ccccn4)nn3)c2)cc(C(C)(C)C)cc1NS(C)(=O)=O. The Kier molecular flexibility index (Phi) is 7.23. The third kappa shape index (κ3) is 6.00. The molecule has 0 radical (unpaired) electrons. The number of amides is 1. The minimum Gasteiger partial charge on any atom is -0.492 e. The van der Waals surface area contributed by atoms with Gasteiger partial charge in [0.25, 0.3) is 5.91 Å². The molecule has 0 atom stereocenters. The van der Waals surface area contributed by atoms with E-state index in [9.17, 15) is 13.2 Å². The molecule has 0 aliphatic rings. The average molecular weight is 535 g/mol. The first kappa shape index (κ1) is 26.8. The van der Waals surface area contributed by atoms with Gasteiger partial charge in [0, 0.05) is 11.8 Å². The van der Waals surface area contributed by atoms with Crippen LogP contribution < -0.4 is 14.8 Å². The van der Waals surface area contributed by atoms with Crippen LogP contribution in [0.4, 0.5) is 11.4 Å². The second-order valence-electron chi connectivity index (χ2n) is 9.95. The van der Waals surface area contributed by atoms with Crippen molar-refractivity contribution in [3.63, 3.8) is 0 Å². The second kappa shape index (κ2) is 10.3. The average Bonchev–Trinajstić information content (AvgIpc) is 3.33. The Morgan fingerprint density at radius 2 is 1.76 bits per heavy atom. The molecule has 0 spiro atoms. The summed E-state index contributed by atoms with van der Waals surface area (Å²) in [5.74, 6) is -0.189. The van der Waals surface area contributed by atoms with Gasteiger partial charge in [0.2, 0.25) is 10.0 Å². The maximum absolute atomic E-state index is 13.4. The quantitative estimate of drug-likeness (QED) is 0.355. The van der Waals surface area contributed by atoms with E-state index in [1.54, 1.807) is 41.3 Å². The number of methoxy groups -OCH3 is 1. The summed E-state index contributed by atoms with van der Waals surface area (Å²) >= 11 is 0. The van der Waals surface area contributed by atoms with Crippen molar-refractivity contribution in [2.45, 2.75) is 33.1 Å². The molecule has 4 rings (SSSR count). The van der Waals surface area contributed by atoms with Crippen molar-refractivity contribution >= 4 is 27.3 Å². The summed E-state index contributed by atoms with van der Waals surface area (Å²) in [7, 11) is -2.17. The van der Waals surface area contributed by atoms with Crippen LogP contribution >= 0.6 is 0 Å². The lowest BCUT2D eigenvalue weighted by atomic mass is 9.86. The van der Waals surface area contributed by atoms with Gasteiger partial charge in [-0.2, -0.15) is 0 Å². The lowest BCUT2D eigenvalue weighted by Gasteiger charge is -2.24. The molecule has 0 aliphatic heterocycles. The molecule has 2 heterocycles. The number of sulfonamides is 1. The normalized spacial score (nSPS) is 11.7. The van der Waals surface area contributed by atoms with Crippen LogP contribution in [0.1, 0.15) is 42.3 Å². The molecule has 0 bridgehead atoms. The number of carbonyl (C=O) groups is 1. The molecule has 0 aliphatic carbocycles. The number of nitrogens with one attached hydrogen (secondary N) is 2. The molecule has 10 nitrogen and oxygen atoms in total. The fraction of sp³-hybridized carbons (Fsp3) is 0.259. The number of benzene rings is 2. The van der Waals surface area contributed by atoms with E-state index in [1.807, 2.05) is 52.0 Å². The van der Waals surface area contributed by atoms with Gasteiger partial charge in [0.1, 0.15) is 5.69 Å². The molecule has 0 saturated heterocycles. The standard InChI is InChI=1S/C27H30N6O4S/c1-17-10-11-18(13-24(17)33-16-23(30-32-33)20-9-7-8-12-28-20)26(34)29-21-14-19(27(2,3)4)15-22(25(21)37-5)31-38(6,35)36/h7-16,31H,1-6H3,(H,29,34). The van der Waals surface area contributed by atoms with Gasteiger partial charge in [-0.3, -0.25) is 14.5 Å². The van der Waals surface area contributed by atoms with Crippen LogP contribution in [0.2, 0.25) is 0 Å². The molecule has 198 valence electrons. The summed E-state index contributed by atoms with van der Waals surface area (Å²) in [5, 5.41) is 11.3. The molecular weight excluding hydrogens is 504 g/mol. The molecule has 0 saturated carbocycles. The number of pyridine rings is 1. The molecule has 0 fully saturated rings. The van der Waals surface area contributed by atoms with Crippen LogP contribution in [0.5, 0.6) is 5.75 Å². The molecule has 2 aromatic heterocycles. The zero-order valence-electron chi connectivity index (χ0n) is 22.1. The molecule has 11 heteroatoms. The van der Waals surface area contributed by atoms with Gasteiger partial charge in [-0.05, 0) is 59.9 Å². The Labute approximate surface area is 222 Å². The maximum atomic E-state index is 13.4. The van der Waals surface area contributed by atoms with Crippen molar-refractivity contribution in [1.29, 1.82) is 0 Å². The van der Waals surface area contributed by atoms with Crippen LogP contribution in [0.15, 0.2) is 60.9 Å². The van der Waals surface area contributed by atoms with Gasteiger partial charge in [0.15, 0.2) is 5.75 Å². The van der Waals surface area contributed by atoms with Crippen molar-refractivity contribution in [3.05, 3.63) is 77.6 Å². The van der Waals surface area contributed by atoms with Crippen molar-refractivity contribution in [3.8, 4) is 22.8 Å². The predicted octanol–water partition coefficient (Wildman–Crippen LogP) is 4.57. The molecule has 38 heavy (non-hydrogen) atoms. The Balaban J connectivity index is 1.70. The number of carbonyl (C=O) groups excluding carboxylic acids is 1. The van der Waals surface area contributed by atoms with Crippen LogP contribution in [0, 0.1) is 6.92 Å². The third-order valence-corrected chi connectivity index (χ3v) is 6.43. The van der Waals surface area contributed by atoms with Gasteiger partial charge in [0.05, 0.1) is 42.3 Å². The Morgan fingerprint density at radius 1 is 1.03 bits per heavy atom. The van der Waals surface area contributed by atoms with Crippen LogP contribution in [-0.4, -0.2) is 47.7 Å². The molecule has 1 amide bonds. The molecular formula is C27H30N6O4S. The van der Waals surface area contributed by atoms with Gasteiger partial charge < -0.3 is 10.1 Å². The van der Waals surface area contributed by atoms with Crippen molar-refractivity contribution in [2.75, 3.05) is 23.4 Å². The highest BCUT2D eigenvalue weighted by molar-refractivity contribution is 7.92. The van der Waals surface area contributed by atoms with E-state index in [-0.39, 0.29) is 16.9 Å². The molecule has 0 unspecified atom stereocenters. The first-order chi connectivity index (χ1) is 17.9. The summed E-state index contributed by atoms with van der Waals surface area (Å²) < 4.78 is 33.6. The van der Waals surface area contributed by atoms with E-state index in [0.29, 0.717) is 28.3 Å². The van der Waals surface area contributed by atoms with Crippen molar-refractivity contribution < 1.29 is 17.9 Å². The van der Waals surface area contributed by atoms with E-state index in [0.717, 1.165) is 17.4 Å². The van der Waals surface area contributed by atoms with Crippen molar-refractivity contribution in [2.24, 2.45) is 0 Å². The molecule has 4 aromatic rings. The number of hydrogen-bond donors (Lipinski definition) is 2. The topological polar surface area (TPSA) is 128 Å². The zero-order chi connectivity index (χ0) is 27.7. The van der Waals surface area contributed by atoms with E-state index in [4.69, 9.17) is 4.74 Å². The number of rotatable bonds is 7. The summed E-state index contributed by atoms with van der Waals surface area (Å²) in [6, 6.07) is 14.3. The largest absolute Gasteiger partial charge is 0.492 e. The third-order valence-electron chi connectivity index (χ3n) is 5.84. The number of ether oxygens (including phenoxy) is 1. The highest BCUT2D eigenvalue weighted by atomic mass is 32.2. The van der Waals surface area contributed by atoms with Crippen LogP contribution in [0.25, 0.3) is 17.1 Å². The minimum atomic E-state index is -3.59. The molecule has 2 N–H and O–H groups in total. The zero-order valence-corrected chi connectivity index (χ0v) is 22.9. The fourth-order valence-electron chi connectivity index (χ4n) is 3.86. The Bertz CT molecular complexity index is 1590. The van der Waals surface area contributed by atoms with E-state index < -0.39 is 15.9 Å². The minimum absolute atomic E-state index is 0.209. The number of hydrogen-bond acceptors (Lipinski definition) is 7. The Morgan fingerprint density at radius 3 is 2.39 bits per heavy atom. The smallest absolute Gasteiger partial charge is 0.255 e. The van der Waals surface area contributed by atoms with Crippen LogP contribution in [0.3, 0.4) is 0 Å². The number of aryl methyl sites for hydroxylation is 1. The monoisotopic (exact) mass is 534 g/mol. The summed E-state index contributed by atoms with van der Waals surface area (Å²) in [6.45, 7) is 7.90. The predicted molar refractivity (Wildman–Crippen MR) is 147 cm³/mol. The number of aromatic nitrogens is 4. The van der Waals surface area contributed by atoms with E-state index in [1.165, 1.54) is 7.11 Å². The lowest BCUT2D eigenvalue weighted by molar-refractivity contribution is 0.102. The van der Waals surface area contributed by atoms with E-state index >= 15 is 0 Å². The van der Waals surface area contributed by atoms with Gasteiger partial charge in [-0.25, -0.2) is 13.1 Å². The number of anilines is 2. The Hall–Kier alpha value is -4.25. The summed E-state index contributed by atoms with van der Waals surface area (Å²) in [5.41, 5.74) is 4.32. The fourth-order valence-corrected chi connectivity index (χ4v) is 4.41. The summed E-state index contributed by atoms with van der Waals surface area (Å²) in [6.07, 6.45) is 4.50. The van der Waals surface area contributed by atoms with Gasteiger partial charge >= 0.3 is 0 Å². The van der Waals surface area contributed by atoms with Gasteiger partial charge in [-0.15, -0.1) is 5.10 Å². The first-order valence-corrected chi connectivity index (χ1v) is 13.7. The number of nitrogens with zero attached hydrogens (tertiary/aromatic N) is 4. The maximum Gasteiger partial charge on any atom is 0.255 e. The lowest BCUT2D eigenvalue weighted by Crippen LogP contribution is -2.18. The highest BCUT2D eigenvalue weighted by Crippen LogP contribution is 2.39.